The van der Waals surface area contributed by atoms with Crippen molar-refractivity contribution in [2.45, 2.75) is 20.8 Å². The molecule has 0 atom stereocenters. The van der Waals surface area contributed by atoms with Gasteiger partial charge in [0.25, 0.3) is 0 Å². The van der Waals surface area contributed by atoms with Crippen LogP contribution in [0.15, 0.2) is 41.8 Å². The minimum Gasteiger partial charge on any atom is -0.148 e. The molecule has 90 valence electrons. The third-order valence-corrected chi connectivity index (χ3v) is 4.71. The number of thiophene rings is 1. The lowest BCUT2D eigenvalue weighted by Crippen LogP contribution is -1.87. The molecule has 2 aromatic carbocycles. The first-order valence-electron chi connectivity index (χ1n) is 6.22. The van der Waals surface area contributed by atoms with Crippen LogP contribution in [0.1, 0.15) is 16.0 Å². The summed E-state index contributed by atoms with van der Waals surface area (Å²) >= 11 is 1.84. The number of fused-ring (bicyclic) bond motifs is 1. The van der Waals surface area contributed by atoms with Crippen LogP contribution >= 0.6 is 11.3 Å². The summed E-state index contributed by atoms with van der Waals surface area (Å²) in [5, 5.41) is 4.97. The molecule has 0 nitrogen and oxygen atoms in total. The van der Waals surface area contributed by atoms with E-state index in [0.717, 1.165) is 0 Å². The normalized spacial score (nSPS) is 11.1. The fourth-order valence-corrected chi connectivity index (χ4v) is 3.37. The van der Waals surface area contributed by atoms with Crippen molar-refractivity contribution < 1.29 is 0 Å². The summed E-state index contributed by atoms with van der Waals surface area (Å²) in [7, 11) is 0. The molecule has 1 aromatic heterocycles. The number of rotatable bonds is 1. The first-order chi connectivity index (χ1) is 8.68. The molecule has 1 heteroatoms. The van der Waals surface area contributed by atoms with E-state index in [4.69, 9.17) is 0 Å². The van der Waals surface area contributed by atoms with Crippen molar-refractivity contribution in [3.63, 3.8) is 0 Å². The van der Waals surface area contributed by atoms with Crippen LogP contribution in [0.3, 0.4) is 0 Å². The van der Waals surface area contributed by atoms with E-state index in [2.05, 4.69) is 62.5 Å². The lowest BCUT2D eigenvalue weighted by atomic mass is 9.93. The summed E-state index contributed by atoms with van der Waals surface area (Å²) < 4.78 is 0. The van der Waals surface area contributed by atoms with Crippen molar-refractivity contribution in [1.82, 2.24) is 0 Å². The Morgan fingerprint density at radius 1 is 0.889 bits per heavy atom. The second kappa shape index (κ2) is 4.25. The van der Waals surface area contributed by atoms with Gasteiger partial charge in [0.2, 0.25) is 0 Å². The van der Waals surface area contributed by atoms with E-state index in [1.165, 1.54) is 37.9 Å². The first-order valence-corrected chi connectivity index (χ1v) is 7.10. The monoisotopic (exact) mass is 252 g/mol. The van der Waals surface area contributed by atoms with E-state index in [1.54, 1.807) is 0 Å². The number of hydrogen-bond acceptors (Lipinski definition) is 1. The molecule has 0 N–H and O–H groups in total. The Hall–Kier alpha value is -1.60. The Balaban J connectivity index is 2.41. The molecule has 0 unspecified atom stereocenters. The van der Waals surface area contributed by atoms with Gasteiger partial charge in [-0.1, -0.05) is 36.4 Å². The lowest BCUT2D eigenvalue weighted by Gasteiger charge is -2.10. The average molecular weight is 252 g/mol. The zero-order chi connectivity index (χ0) is 12.7. The molecule has 0 aliphatic heterocycles. The number of aryl methyl sites for hydroxylation is 2. The minimum atomic E-state index is 1.32. The topological polar surface area (TPSA) is 0 Å². The number of benzene rings is 2. The number of hydrogen-bond donors (Lipinski definition) is 0. The van der Waals surface area contributed by atoms with Crippen LogP contribution in [-0.4, -0.2) is 0 Å². The van der Waals surface area contributed by atoms with E-state index >= 15 is 0 Å². The smallest absolute Gasteiger partial charge is 0.00497 e. The van der Waals surface area contributed by atoms with E-state index in [9.17, 15) is 0 Å². The maximum atomic E-state index is 2.29. The van der Waals surface area contributed by atoms with Gasteiger partial charge in [0.15, 0.2) is 0 Å². The summed E-state index contributed by atoms with van der Waals surface area (Å²) in [4.78, 5) is 1.41. The van der Waals surface area contributed by atoms with E-state index < -0.39 is 0 Å². The van der Waals surface area contributed by atoms with Crippen LogP contribution in [0.4, 0.5) is 0 Å². The fraction of sp³-hybridized carbons (Fsp3) is 0.176. The van der Waals surface area contributed by atoms with Gasteiger partial charge < -0.3 is 0 Å². The highest BCUT2D eigenvalue weighted by atomic mass is 32.1. The van der Waals surface area contributed by atoms with Crippen molar-refractivity contribution in [3.05, 3.63) is 57.8 Å². The highest BCUT2D eigenvalue weighted by molar-refractivity contribution is 7.10. The third kappa shape index (κ3) is 1.67. The molecule has 3 rings (SSSR count). The predicted molar refractivity (Wildman–Crippen MR) is 81.5 cm³/mol. The van der Waals surface area contributed by atoms with Crippen LogP contribution in [0.2, 0.25) is 0 Å². The highest BCUT2D eigenvalue weighted by Gasteiger charge is 2.11. The van der Waals surface area contributed by atoms with Gasteiger partial charge in [0.05, 0.1) is 0 Å². The largest absolute Gasteiger partial charge is 0.148 e. The molecule has 0 spiro atoms. The molecular weight excluding hydrogens is 236 g/mol. The van der Waals surface area contributed by atoms with Crippen LogP contribution in [0.5, 0.6) is 0 Å². The summed E-state index contributed by atoms with van der Waals surface area (Å²) in [6, 6.07) is 13.1. The first kappa shape index (κ1) is 11.5. The molecule has 18 heavy (non-hydrogen) atoms. The molecule has 0 amide bonds. The lowest BCUT2D eigenvalue weighted by molar-refractivity contribution is 1.42. The maximum Gasteiger partial charge on any atom is 0.00497 e. The Morgan fingerprint density at radius 3 is 2.39 bits per heavy atom. The second-order valence-corrected chi connectivity index (χ2v) is 5.89. The Labute approximate surface area is 112 Å². The Bertz CT molecular complexity index is 720. The molecule has 3 aromatic rings. The summed E-state index contributed by atoms with van der Waals surface area (Å²) in [5.41, 5.74) is 5.57. The van der Waals surface area contributed by atoms with E-state index in [-0.39, 0.29) is 0 Å². The van der Waals surface area contributed by atoms with Gasteiger partial charge in [-0.15, -0.1) is 11.3 Å². The van der Waals surface area contributed by atoms with Crippen LogP contribution in [-0.2, 0) is 0 Å². The summed E-state index contributed by atoms with van der Waals surface area (Å²) in [6.45, 7) is 6.63. The molecule has 0 radical (unpaired) electrons. The molecule has 0 aliphatic rings. The van der Waals surface area contributed by atoms with Crippen molar-refractivity contribution in [3.8, 4) is 11.1 Å². The molecular formula is C17H16S. The zero-order valence-corrected chi connectivity index (χ0v) is 11.8. The SMILES string of the molecule is Cc1ccc2ccccc2c1-c1csc(C)c1C. The van der Waals surface area contributed by atoms with E-state index in [0.29, 0.717) is 0 Å². The average Bonchev–Trinajstić information content (AvgIpc) is 2.70. The van der Waals surface area contributed by atoms with Crippen LogP contribution in [0, 0.1) is 20.8 Å². The quantitative estimate of drug-likeness (QED) is 0.537. The molecule has 0 saturated carbocycles. The molecule has 0 saturated heterocycles. The van der Waals surface area contributed by atoms with Gasteiger partial charge in [-0.3, -0.25) is 0 Å². The van der Waals surface area contributed by atoms with Crippen LogP contribution < -0.4 is 0 Å². The third-order valence-electron chi connectivity index (χ3n) is 3.69. The molecule has 1 heterocycles. The van der Waals surface area contributed by atoms with Gasteiger partial charge in [-0.05, 0) is 59.2 Å². The molecule has 0 fully saturated rings. The van der Waals surface area contributed by atoms with Crippen molar-refractivity contribution in [2.24, 2.45) is 0 Å². The molecule has 0 aliphatic carbocycles. The van der Waals surface area contributed by atoms with Gasteiger partial charge in [-0.25, -0.2) is 0 Å². The standard InChI is InChI=1S/C17H16S/c1-11-8-9-14-6-4-5-7-15(14)17(11)16-10-18-13(3)12(16)2/h4-10H,1-3H3. The second-order valence-electron chi connectivity index (χ2n) is 4.81. The van der Waals surface area contributed by atoms with Crippen molar-refractivity contribution in [1.29, 1.82) is 0 Å². The van der Waals surface area contributed by atoms with Gasteiger partial charge in [0.1, 0.15) is 0 Å². The fourth-order valence-electron chi connectivity index (χ4n) is 2.50. The highest BCUT2D eigenvalue weighted by Crippen LogP contribution is 2.37. The minimum absolute atomic E-state index is 1.32. The zero-order valence-electron chi connectivity index (χ0n) is 10.9. The summed E-state index contributed by atoms with van der Waals surface area (Å²) in [5.74, 6) is 0. The van der Waals surface area contributed by atoms with Gasteiger partial charge >= 0.3 is 0 Å². The summed E-state index contributed by atoms with van der Waals surface area (Å²) in [6.07, 6.45) is 0. The Morgan fingerprint density at radius 2 is 1.67 bits per heavy atom. The maximum absolute atomic E-state index is 2.29. The van der Waals surface area contributed by atoms with Crippen LogP contribution in [0.25, 0.3) is 21.9 Å². The van der Waals surface area contributed by atoms with Gasteiger partial charge in [0, 0.05) is 4.88 Å². The van der Waals surface area contributed by atoms with Gasteiger partial charge in [-0.2, -0.15) is 0 Å². The predicted octanol–water partition coefficient (Wildman–Crippen LogP) is 5.49. The van der Waals surface area contributed by atoms with Crippen molar-refractivity contribution >= 4 is 22.1 Å². The van der Waals surface area contributed by atoms with Crippen molar-refractivity contribution in [2.75, 3.05) is 0 Å². The molecule has 0 bridgehead atoms. The Kier molecular flexibility index (Phi) is 2.71. The van der Waals surface area contributed by atoms with E-state index in [1.807, 2.05) is 11.3 Å².